The monoisotopic (exact) mass is 324 g/mol. The second-order valence-electron chi connectivity index (χ2n) is 4.88. The van der Waals surface area contributed by atoms with Crippen molar-refractivity contribution in [2.75, 3.05) is 18.4 Å². The minimum absolute atomic E-state index is 0.270. The third-order valence-corrected chi connectivity index (χ3v) is 3.05. The Morgan fingerprint density at radius 1 is 1.29 bits per heavy atom. The van der Waals surface area contributed by atoms with E-state index in [9.17, 15) is 4.79 Å². The third kappa shape index (κ3) is 5.21. The van der Waals surface area contributed by atoms with Gasteiger partial charge >= 0.3 is 0 Å². The van der Waals surface area contributed by atoms with Crippen molar-refractivity contribution in [3.05, 3.63) is 54.0 Å². The molecule has 124 valence electrons. The van der Waals surface area contributed by atoms with E-state index in [1.54, 1.807) is 12.1 Å². The molecule has 6 nitrogen and oxygen atoms in total. The van der Waals surface area contributed by atoms with Crippen molar-refractivity contribution in [1.82, 2.24) is 10.6 Å². The lowest BCUT2D eigenvalue weighted by Gasteiger charge is -2.09. The van der Waals surface area contributed by atoms with Crippen LogP contribution in [-0.4, -0.2) is 25.0 Å². The molecule has 3 N–H and O–H groups in total. The number of hydrogen-bond acceptors (Lipinski definition) is 3. The maximum atomic E-state index is 12.0. The number of benzene rings is 1. The molecule has 0 radical (unpaired) electrons. The Morgan fingerprint density at radius 2 is 2.17 bits per heavy atom. The van der Waals surface area contributed by atoms with Gasteiger partial charge in [0.2, 0.25) is 0 Å². The Morgan fingerprint density at radius 3 is 2.88 bits per heavy atom. The maximum absolute atomic E-state index is 12.0. The number of terminal acetylenes is 1. The molecule has 0 unspecified atom stereocenters. The first kappa shape index (κ1) is 17.2. The van der Waals surface area contributed by atoms with Gasteiger partial charge in [0.15, 0.2) is 11.7 Å². The molecule has 2 rings (SSSR count). The highest BCUT2D eigenvalue weighted by molar-refractivity contribution is 6.02. The van der Waals surface area contributed by atoms with E-state index in [0.717, 1.165) is 12.1 Å². The smallest absolute Gasteiger partial charge is 0.291 e. The van der Waals surface area contributed by atoms with Gasteiger partial charge in [0.05, 0.1) is 19.4 Å². The lowest BCUT2D eigenvalue weighted by molar-refractivity contribution is 0.0996. The summed E-state index contributed by atoms with van der Waals surface area (Å²) in [5.74, 6) is 3.15. The van der Waals surface area contributed by atoms with E-state index in [1.807, 2.05) is 31.2 Å². The largest absolute Gasteiger partial charge is 0.459 e. The quantitative estimate of drug-likeness (QED) is 0.432. The lowest BCUT2D eigenvalue weighted by atomic mass is 10.2. The fraction of sp³-hybridized carbons (Fsp3) is 0.222. The molecule has 1 amide bonds. The lowest BCUT2D eigenvalue weighted by Crippen LogP contribution is -2.37. The van der Waals surface area contributed by atoms with Crippen molar-refractivity contribution in [3.63, 3.8) is 0 Å². The van der Waals surface area contributed by atoms with Gasteiger partial charge in [0.1, 0.15) is 0 Å². The molecule has 0 aliphatic heterocycles. The van der Waals surface area contributed by atoms with Crippen molar-refractivity contribution in [2.24, 2.45) is 4.99 Å². The fourth-order valence-corrected chi connectivity index (χ4v) is 1.99. The number of hydrogen-bond donors (Lipinski definition) is 3. The van der Waals surface area contributed by atoms with Crippen LogP contribution in [0.25, 0.3) is 0 Å². The standard InChI is InChI=1S/C18H20N4O2/c1-3-10-20-18(19-4-2)21-13-14-7-5-8-15(12-14)22-17(23)16-9-6-11-24-16/h1,5-9,11-12H,4,10,13H2,2H3,(H,22,23)(H2,19,20,21). The summed E-state index contributed by atoms with van der Waals surface area (Å²) in [6.45, 7) is 3.60. The van der Waals surface area contributed by atoms with Crippen molar-refractivity contribution in [1.29, 1.82) is 0 Å². The molecule has 0 atom stereocenters. The van der Waals surface area contributed by atoms with E-state index in [0.29, 0.717) is 24.7 Å². The Labute approximate surface area is 141 Å². The van der Waals surface area contributed by atoms with E-state index in [2.05, 4.69) is 26.9 Å². The highest BCUT2D eigenvalue weighted by Crippen LogP contribution is 2.13. The minimum Gasteiger partial charge on any atom is -0.459 e. The number of nitrogens with zero attached hydrogens (tertiary/aromatic N) is 1. The molecule has 1 aromatic heterocycles. The molecule has 0 bridgehead atoms. The summed E-state index contributed by atoms with van der Waals surface area (Å²) in [4.78, 5) is 16.4. The zero-order valence-corrected chi connectivity index (χ0v) is 13.5. The fourth-order valence-electron chi connectivity index (χ4n) is 1.99. The van der Waals surface area contributed by atoms with Crippen LogP contribution < -0.4 is 16.0 Å². The van der Waals surface area contributed by atoms with Crippen LogP contribution >= 0.6 is 0 Å². The minimum atomic E-state index is -0.287. The molecule has 1 heterocycles. The van der Waals surface area contributed by atoms with Crippen molar-refractivity contribution in [3.8, 4) is 12.3 Å². The van der Waals surface area contributed by atoms with Crippen LogP contribution in [0.3, 0.4) is 0 Å². The number of carbonyl (C=O) groups is 1. The van der Waals surface area contributed by atoms with Gasteiger partial charge in [-0.25, -0.2) is 4.99 Å². The highest BCUT2D eigenvalue weighted by Gasteiger charge is 2.08. The summed E-state index contributed by atoms with van der Waals surface area (Å²) >= 11 is 0. The molecule has 2 aromatic rings. The first-order chi connectivity index (χ1) is 11.7. The van der Waals surface area contributed by atoms with Crippen molar-refractivity contribution < 1.29 is 9.21 Å². The topological polar surface area (TPSA) is 78.7 Å². The number of furan rings is 1. The number of amides is 1. The molecule has 0 saturated carbocycles. The summed E-state index contributed by atoms with van der Waals surface area (Å²) < 4.78 is 5.07. The van der Waals surface area contributed by atoms with Gasteiger partial charge in [-0.2, -0.15) is 0 Å². The molecule has 0 spiro atoms. The van der Waals surface area contributed by atoms with Gasteiger partial charge in [-0.05, 0) is 36.8 Å². The first-order valence-corrected chi connectivity index (χ1v) is 7.62. The van der Waals surface area contributed by atoms with Gasteiger partial charge in [-0.3, -0.25) is 4.79 Å². The van der Waals surface area contributed by atoms with Crippen LogP contribution in [0.1, 0.15) is 23.0 Å². The number of rotatable bonds is 6. The normalized spacial score (nSPS) is 10.8. The van der Waals surface area contributed by atoms with E-state index in [4.69, 9.17) is 10.8 Å². The van der Waals surface area contributed by atoms with Gasteiger partial charge < -0.3 is 20.4 Å². The van der Waals surface area contributed by atoms with Crippen LogP contribution in [0, 0.1) is 12.3 Å². The van der Waals surface area contributed by atoms with Crippen LogP contribution in [0.2, 0.25) is 0 Å². The first-order valence-electron chi connectivity index (χ1n) is 7.62. The van der Waals surface area contributed by atoms with E-state index >= 15 is 0 Å². The zero-order valence-electron chi connectivity index (χ0n) is 13.5. The third-order valence-electron chi connectivity index (χ3n) is 3.05. The molecule has 0 aliphatic carbocycles. The van der Waals surface area contributed by atoms with Gasteiger partial charge in [-0.1, -0.05) is 18.1 Å². The predicted octanol–water partition coefficient (Wildman–Crippen LogP) is 2.22. The average molecular weight is 324 g/mol. The molecule has 1 aromatic carbocycles. The van der Waals surface area contributed by atoms with Crippen LogP contribution in [0.15, 0.2) is 52.1 Å². The van der Waals surface area contributed by atoms with Crippen molar-refractivity contribution in [2.45, 2.75) is 13.5 Å². The molecule has 0 saturated heterocycles. The van der Waals surface area contributed by atoms with E-state index < -0.39 is 0 Å². The Kier molecular flexibility index (Phi) is 6.47. The number of guanidine groups is 1. The summed E-state index contributed by atoms with van der Waals surface area (Å²) in [6.07, 6.45) is 6.71. The summed E-state index contributed by atoms with van der Waals surface area (Å²) in [7, 11) is 0. The second kappa shape index (κ2) is 9.06. The van der Waals surface area contributed by atoms with Gasteiger partial charge in [0.25, 0.3) is 5.91 Å². The Bertz CT molecular complexity index is 730. The van der Waals surface area contributed by atoms with Crippen LogP contribution in [0.5, 0.6) is 0 Å². The molecular weight excluding hydrogens is 304 g/mol. The van der Waals surface area contributed by atoms with E-state index in [-0.39, 0.29) is 11.7 Å². The summed E-state index contributed by atoms with van der Waals surface area (Å²) in [5, 5.41) is 8.93. The number of anilines is 1. The number of aliphatic imine (C=N–C) groups is 1. The average Bonchev–Trinajstić information content (AvgIpc) is 3.12. The SMILES string of the molecule is C#CCNC(=NCc1cccc(NC(=O)c2ccco2)c1)NCC. The molecule has 6 heteroatoms. The predicted molar refractivity (Wildman–Crippen MR) is 94.8 cm³/mol. The Balaban J connectivity index is 2.01. The number of nitrogens with one attached hydrogen (secondary N) is 3. The van der Waals surface area contributed by atoms with Crippen LogP contribution in [0.4, 0.5) is 5.69 Å². The second-order valence-corrected chi connectivity index (χ2v) is 4.88. The number of carbonyl (C=O) groups excluding carboxylic acids is 1. The van der Waals surface area contributed by atoms with E-state index in [1.165, 1.54) is 6.26 Å². The van der Waals surface area contributed by atoms with Gasteiger partial charge in [-0.15, -0.1) is 6.42 Å². The Hall–Kier alpha value is -3.20. The summed E-state index contributed by atoms with van der Waals surface area (Å²) in [6, 6.07) is 10.8. The maximum Gasteiger partial charge on any atom is 0.291 e. The van der Waals surface area contributed by atoms with Gasteiger partial charge in [0, 0.05) is 12.2 Å². The van der Waals surface area contributed by atoms with Crippen molar-refractivity contribution >= 4 is 17.6 Å². The zero-order chi connectivity index (χ0) is 17.2. The molecule has 0 aliphatic rings. The molecule has 24 heavy (non-hydrogen) atoms. The molecule has 0 fully saturated rings. The highest BCUT2D eigenvalue weighted by atomic mass is 16.3. The summed E-state index contributed by atoms with van der Waals surface area (Å²) in [5.41, 5.74) is 1.65. The molecular formula is C18H20N4O2. The van der Waals surface area contributed by atoms with Crippen LogP contribution in [-0.2, 0) is 6.54 Å².